The van der Waals surface area contributed by atoms with E-state index in [4.69, 9.17) is 0 Å². The maximum atomic E-state index is 12.0. The van der Waals surface area contributed by atoms with Gasteiger partial charge in [-0.2, -0.15) is 0 Å². The van der Waals surface area contributed by atoms with Crippen molar-refractivity contribution in [2.24, 2.45) is 5.92 Å². The number of benzene rings is 1. The molecule has 0 unspecified atom stereocenters. The van der Waals surface area contributed by atoms with E-state index in [0.717, 1.165) is 6.54 Å². The summed E-state index contributed by atoms with van der Waals surface area (Å²) in [7, 11) is 1.34. The Bertz CT molecular complexity index is 461. The van der Waals surface area contributed by atoms with Crippen LogP contribution in [-0.2, 0) is 4.74 Å². The standard InChI is InChI=1S/C16H21NO3/c1-20-16(19)14-9-7-13(8-10-14)15(18)17-11-12-5-3-2-4-6-12/h7-10,12H,2-6,11H2,1H3,(H,17,18). The number of rotatable bonds is 4. The minimum atomic E-state index is -0.390. The first-order chi connectivity index (χ1) is 9.70. The van der Waals surface area contributed by atoms with Crippen LogP contribution in [0.2, 0.25) is 0 Å². The molecule has 1 aromatic carbocycles. The van der Waals surface area contributed by atoms with Gasteiger partial charge in [-0.1, -0.05) is 19.3 Å². The van der Waals surface area contributed by atoms with E-state index in [2.05, 4.69) is 10.1 Å². The first-order valence-corrected chi connectivity index (χ1v) is 7.17. The largest absolute Gasteiger partial charge is 0.465 e. The van der Waals surface area contributed by atoms with Crippen LogP contribution in [0.15, 0.2) is 24.3 Å². The van der Waals surface area contributed by atoms with Crippen molar-refractivity contribution in [1.82, 2.24) is 5.32 Å². The molecule has 0 heterocycles. The quantitative estimate of drug-likeness (QED) is 0.860. The van der Waals surface area contributed by atoms with Gasteiger partial charge in [0.1, 0.15) is 0 Å². The monoisotopic (exact) mass is 275 g/mol. The Balaban J connectivity index is 1.87. The van der Waals surface area contributed by atoms with Crippen molar-refractivity contribution in [1.29, 1.82) is 0 Å². The number of esters is 1. The zero-order chi connectivity index (χ0) is 14.4. The Labute approximate surface area is 119 Å². The molecule has 0 atom stereocenters. The topological polar surface area (TPSA) is 55.4 Å². The summed E-state index contributed by atoms with van der Waals surface area (Å²) in [6.07, 6.45) is 6.28. The molecule has 20 heavy (non-hydrogen) atoms. The molecule has 0 aliphatic heterocycles. The van der Waals surface area contributed by atoms with Crippen molar-refractivity contribution >= 4 is 11.9 Å². The van der Waals surface area contributed by atoms with Gasteiger partial charge in [0.05, 0.1) is 12.7 Å². The van der Waals surface area contributed by atoms with Crippen LogP contribution in [-0.4, -0.2) is 25.5 Å². The molecule has 1 amide bonds. The highest BCUT2D eigenvalue weighted by molar-refractivity contribution is 5.96. The fraction of sp³-hybridized carbons (Fsp3) is 0.500. The molecule has 108 valence electrons. The summed E-state index contributed by atoms with van der Waals surface area (Å²) in [6.45, 7) is 0.748. The second-order valence-corrected chi connectivity index (χ2v) is 5.28. The number of hydrogen-bond acceptors (Lipinski definition) is 3. The summed E-state index contributed by atoms with van der Waals surface area (Å²) in [5.74, 6) is 0.146. The number of methoxy groups -OCH3 is 1. The van der Waals surface area contributed by atoms with E-state index in [0.29, 0.717) is 17.0 Å². The van der Waals surface area contributed by atoms with Gasteiger partial charge in [0.25, 0.3) is 5.91 Å². The first kappa shape index (κ1) is 14.6. The van der Waals surface area contributed by atoms with Crippen molar-refractivity contribution in [2.75, 3.05) is 13.7 Å². The highest BCUT2D eigenvalue weighted by atomic mass is 16.5. The normalized spacial score (nSPS) is 15.7. The van der Waals surface area contributed by atoms with Crippen LogP contribution < -0.4 is 5.32 Å². The third-order valence-electron chi connectivity index (χ3n) is 3.84. The zero-order valence-electron chi connectivity index (χ0n) is 11.9. The van der Waals surface area contributed by atoms with Gasteiger partial charge in [0.2, 0.25) is 0 Å². The van der Waals surface area contributed by atoms with Gasteiger partial charge >= 0.3 is 5.97 Å². The lowest BCUT2D eigenvalue weighted by atomic mass is 9.89. The Morgan fingerprint density at radius 3 is 2.30 bits per heavy atom. The maximum Gasteiger partial charge on any atom is 0.337 e. The molecule has 1 aromatic rings. The summed E-state index contributed by atoms with van der Waals surface area (Å²) in [4.78, 5) is 23.3. The molecular weight excluding hydrogens is 254 g/mol. The lowest BCUT2D eigenvalue weighted by molar-refractivity contribution is 0.0600. The fourth-order valence-electron chi connectivity index (χ4n) is 2.61. The molecular formula is C16H21NO3. The van der Waals surface area contributed by atoms with E-state index in [1.807, 2.05) is 0 Å². The van der Waals surface area contributed by atoms with Crippen molar-refractivity contribution in [2.45, 2.75) is 32.1 Å². The third kappa shape index (κ3) is 3.83. The molecule has 4 heteroatoms. The fourth-order valence-corrected chi connectivity index (χ4v) is 2.61. The summed E-state index contributed by atoms with van der Waals surface area (Å²) in [5, 5.41) is 2.98. The van der Waals surface area contributed by atoms with E-state index in [1.165, 1.54) is 39.2 Å². The van der Waals surface area contributed by atoms with Gasteiger partial charge in [-0.3, -0.25) is 4.79 Å². The zero-order valence-corrected chi connectivity index (χ0v) is 11.9. The van der Waals surface area contributed by atoms with E-state index >= 15 is 0 Å². The van der Waals surface area contributed by atoms with Crippen LogP contribution in [0.25, 0.3) is 0 Å². The highest BCUT2D eigenvalue weighted by Crippen LogP contribution is 2.22. The van der Waals surface area contributed by atoms with E-state index in [-0.39, 0.29) is 11.9 Å². The summed E-state index contributed by atoms with van der Waals surface area (Å²) >= 11 is 0. The van der Waals surface area contributed by atoms with Crippen LogP contribution in [0.1, 0.15) is 52.8 Å². The van der Waals surface area contributed by atoms with Crippen molar-refractivity contribution in [3.05, 3.63) is 35.4 Å². The van der Waals surface area contributed by atoms with Gasteiger partial charge in [0.15, 0.2) is 0 Å². The predicted molar refractivity (Wildman–Crippen MR) is 76.7 cm³/mol. The molecule has 1 saturated carbocycles. The molecule has 1 fully saturated rings. The van der Waals surface area contributed by atoms with Gasteiger partial charge in [-0.15, -0.1) is 0 Å². The Morgan fingerprint density at radius 2 is 1.70 bits per heavy atom. The molecule has 1 aliphatic carbocycles. The van der Waals surface area contributed by atoms with Gasteiger partial charge in [0, 0.05) is 12.1 Å². The molecule has 0 radical (unpaired) electrons. The summed E-state index contributed by atoms with van der Waals surface area (Å²) in [6, 6.07) is 6.54. The number of carbonyl (C=O) groups excluding carboxylic acids is 2. The Kier molecular flexibility index (Phi) is 5.16. The van der Waals surface area contributed by atoms with Crippen LogP contribution in [0, 0.1) is 5.92 Å². The lowest BCUT2D eigenvalue weighted by Gasteiger charge is -2.21. The van der Waals surface area contributed by atoms with Gasteiger partial charge < -0.3 is 10.1 Å². The second-order valence-electron chi connectivity index (χ2n) is 5.28. The van der Waals surface area contributed by atoms with Crippen molar-refractivity contribution < 1.29 is 14.3 Å². The smallest absolute Gasteiger partial charge is 0.337 e. The second kappa shape index (κ2) is 7.08. The van der Waals surface area contributed by atoms with Crippen molar-refractivity contribution in [3.63, 3.8) is 0 Å². The molecule has 1 aliphatic rings. The maximum absolute atomic E-state index is 12.0. The minimum Gasteiger partial charge on any atom is -0.465 e. The van der Waals surface area contributed by atoms with E-state index in [9.17, 15) is 9.59 Å². The van der Waals surface area contributed by atoms with Crippen LogP contribution in [0.5, 0.6) is 0 Å². The minimum absolute atomic E-state index is 0.0769. The molecule has 2 rings (SSSR count). The molecule has 0 spiro atoms. The average Bonchev–Trinajstić information content (AvgIpc) is 2.53. The molecule has 0 aromatic heterocycles. The highest BCUT2D eigenvalue weighted by Gasteiger charge is 2.15. The Hall–Kier alpha value is -1.84. The lowest BCUT2D eigenvalue weighted by Crippen LogP contribution is -2.30. The number of carbonyl (C=O) groups is 2. The van der Waals surface area contributed by atoms with Crippen LogP contribution in [0.4, 0.5) is 0 Å². The van der Waals surface area contributed by atoms with Crippen LogP contribution in [0.3, 0.4) is 0 Å². The number of ether oxygens (including phenoxy) is 1. The van der Waals surface area contributed by atoms with Crippen LogP contribution >= 0.6 is 0 Å². The predicted octanol–water partition coefficient (Wildman–Crippen LogP) is 2.78. The molecule has 1 N–H and O–H groups in total. The average molecular weight is 275 g/mol. The molecule has 0 saturated heterocycles. The number of amides is 1. The third-order valence-corrected chi connectivity index (χ3v) is 3.84. The van der Waals surface area contributed by atoms with Crippen molar-refractivity contribution in [3.8, 4) is 0 Å². The molecule has 4 nitrogen and oxygen atoms in total. The number of hydrogen-bond donors (Lipinski definition) is 1. The summed E-state index contributed by atoms with van der Waals surface area (Å²) in [5.41, 5.74) is 1.03. The Morgan fingerprint density at radius 1 is 1.10 bits per heavy atom. The van der Waals surface area contributed by atoms with E-state index < -0.39 is 0 Å². The van der Waals surface area contributed by atoms with Gasteiger partial charge in [-0.25, -0.2) is 4.79 Å². The van der Waals surface area contributed by atoms with Gasteiger partial charge in [-0.05, 0) is 43.0 Å². The number of nitrogens with one attached hydrogen (secondary N) is 1. The van der Waals surface area contributed by atoms with E-state index in [1.54, 1.807) is 24.3 Å². The SMILES string of the molecule is COC(=O)c1ccc(C(=O)NCC2CCCCC2)cc1. The first-order valence-electron chi connectivity index (χ1n) is 7.17. The summed E-state index contributed by atoms with van der Waals surface area (Å²) < 4.78 is 4.62. The molecule has 0 bridgehead atoms.